The summed E-state index contributed by atoms with van der Waals surface area (Å²) in [5, 5.41) is 0. The van der Waals surface area contributed by atoms with Crippen molar-refractivity contribution < 1.29 is 9.32 Å². The van der Waals surface area contributed by atoms with Gasteiger partial charge in [-0.2, -0.15) is 0 Å². The highest BCUT2D eigenvalue weighted by Crippen LogP contribution is 2.40. The SMILES string of the molecule is CC(=O)OP(N(C)C)N(C)C. The quantitative estimate of drug-likeness (QED) is 0.601. The number of carbonyl (C=O) groups excluding carboxylic acids is 1. The van der Waals surface area contributed by atoms with Gasteiger partial charge in [0.15, 0.2) is 0 Å². The lowest BCUT2D eigenvalue weighted by atomic mass is 10.9. The molecule has 0 aliphatic rings. The van der Waals surface area contributed by atoms with Crippen LogP contribution in [0.25, 0.3) is 0 Å². The average molecular weight is 178 g/mol. The lowest BCUT2D eigenvalue weighted by Gasteiger charge is -2.26. The van der Waals surface area contributed by atoms with Crippen molar-refractivity contribution in [2.75, 3.05) is 28.2 Å². The third-order valence-electron chi connectivity index (χ3n) is 0.895. The van der Waals surface area contributed by atoms with Gasteiger partial charge in [0, 0.05) is 6.92 Å². The van der Waals surface area contributed by atoms with E-state index in [-0.39, 0.29) is 5.97 Å². The Hall–Kier alpha value is -0.180. The van der Waals surface area contributed by atoms with Gasteiger partial charge in [-0.05, 0) is 28.2 Å². The minimum atomic E-state index is -0.901. The second-order valence-corrected chi connectivity index (χ2v) is 4.82. The molecule has 0 heterocycles. The maximum Gasteiger partial charge on any atom is 0.307 e. The molecule has 0 aliphatic heterocycles. The van der Waals surface area contributed by atoms with Crippen LogP contribution in [0.5, 0.6) is 0 Å². The molecular weight excluding hydrogens is 163 g/mol. The van der Waals surface area contributed by atoms with Gasteiger partial charge in [0.1, 0.15) is 0 Å². The maximum absolute atomic E-state index is 10.6. The van der Waals surface area contributed by atoms with E-state index in [1.54, 1.807) is 0 Å². The van der Waals surface area contributed by atoms with E-state index < -0.39 is 8.45 Å². The first-order valence-electron chi connectivity index (χ1n) is 3.28. The van der Waals surface area contributed by atoms with Crippen LogP contribution in [-0.2, 0) is 9.32 Å². The summed E-state index contributed by atoms with van der Waals surface area (Å²) in [5.74, 6) is -0.237. The van der Waals surface area contributed by atoms with Gasteiger partial charge in [-0.3, -0.25) is 4.79 Å². The van der Waals surface area contributed by atoms with E-state index >= 15 is 0 Å². The topological polar surface area (TPSA) is 32.8 Å². The van der Waals surface area contributed by atoms with E-state index in [1.165, 1.54) is 6.92 Å². The number of carbonyl (C=O) groups is 1. The fourth-order valence-corrected chi connectivity index (χ4v) is 1.91. The summed E-state index contributed by atoms with van der Waals surface area (Å²) in [6.07, 6.45) is 0. The van der Waals surface area contributed by atoms with Gasteiger partial charge in [0.05, 0.1) is 0 Å². The Morgan fingerprint density at radius 1 is 1.18 bits per heavy atom. The molecule has 0 atom stereocenters. The highest BCUT2D eigenvalue weighted by Gasteiger charge is 2.17. The molecule has 0 aromatic rings. The first-order valence-corrected chi connectivity index (χ1v) is 4.44. The number of hydrogen-bond donors (Lipinski definition) is 0. The van der Waals surface area contributed by atoms with Gasteiger partial charge in [-0.1, -0.05) is 0 Å². The monoisotopic (exact) mass is 178 g/mol. The Morgan fingerprint density at radius 2 is 1.55 bits per heavy atom. The van der Waals surface area contributed by atoms with E-state index in [4.69, 9.17) is 4.52 Å². The molecule has 0 aliphatic carbocycles. The number of hydrogen-bond acceptors (Lipinski definition) is 4. The van der Waals surface area contributed by atoms with Crippen LogP contribution in [0, 0.1) is 0 Å². The van der Waals surface area contributed by atoms with E-state index in [9.17, 15) is 4.79 Å². The van der Waals surface area contributed by atoms with Gasteiger partial charge in [0.2, 0.25) is 8.45 Å². The molecule has 4 nitrogen and oxygen atoms in total. The van der Waals surface area contributed by atoms with Gasteiger partial charge in [0.25, 0.3) is 0 Å². The van der Waals surface area contributed by atoms with Crippen LogP contribution in [0.1, 0.15) is 6.92 Å². The molecular formula is C6H15N2O2P. The Kier molecular flexibility index (Phi) is 4.57. The summed E-state index contributed by atoms with van der Waals surface area (Å²) in [7, 11) is 6.63. The fourth-order valence-electron chi connectivity index (χ4n) is 0.636. The zero-order chi connectivity index (χ0) is 9.02. The zero-order valence-corrected chi connectivity index (χ0v) is 8.55. The Labute approximate surface area is 69.1 Å². The van der Waals surface area contributed by atoms with E-state index in [2.05, 4.69) is 0 Å². The number of rotatable bonds is 3. The van der Waals surface area contributed by atoms with Crippen LogP contribution in [0.4, 0.5) is 0 Å². The highest BCUT2D eigenvalue weighted by atomic mass is 31.2. The Morgan fingerprint density at radius 3 is 1.64 bits per heavy atom. The predicted molar refractivity (Wildman–Crippen MR) is 46.1 cm³/mol. The van der Waals surface area contributed by atoms with Gasteiger partial charge in [-0.25, -0.2) is 9.34 Å². The number of nitrogens with zero attached hydrogens (tertiary/aromatic N) is 2. The molecule has 0 unspecified atom stereocenters. The van der Waals surface area contributed by atoms with Gasteiger partial charge >= 0.3 is 5.97 Å². The van der Waals surface area contributed by atoms with Gasteiger partial charge in [-0.15, -0.1) is 0 Å². The van der Waals surface area contributed by atoms with Crippen molar-refractivity contribution in [3.8, 4) is 0 Å². The van der Waals surface area contributed by atoms with Crippen molar-refractivity contribution in [3.05, 3.63) is 0 Å². The van der Waals surface area contributed by atoms with Crippen LogP contribution in [0.15, 0.2) is 0 Å². The molecule has 0 rings (SSSR count). The lowest BCUT2D eigenvalue weighted by Crippen LogP contribution is -2.19. The molecule has 0 saturated carbocycles. The van der Waals surface area contributed by atoms with Crippen molar-refractivity contribution in [2.45, 2.75) is 6.92 Å². The van der Waals surface area contributed by atoms with Crippen LogP contribution in [0.2, 0.25) is 0 Å². The van der Waals surface area contributed by atoms with Crippen molar-refractivity contribution in [1.82, 2.24) is 9.34 Å². The first-order chi connectivity index (χ1) is 4.95. The molecule has 0 bridgehead atoms. The minimum Gasteiger partial charge on any atom is -0.414 e. The molecule has 0 fully saturated rings. The third-order valence-corrected chi connectivity index (χ3v) is 2.68. The molecule has 5 heteroatoms. The molecule has 0 spiro atoms. The third kappa shape index (κ3) is 4.30. The van der Waals surface area contributed by atoms with Crippen molar-refractivity contribution in [2.24, 2.45) is 0 Å². The van der Waals surface area contributed by atoms with E-state index in [1.807, 2.05) is 37.5 Å². The maximum atomic E-state index is 10.6. The summed E-state index contributed by atoms with van der Waals surface area (Å²) in [5.41, 5.74) is 0. The van der Waals surface area contributed by atoms with Crippen molar-refractivity contribution in [1.29, 1.82) is 0 Å². The average Bonchev–Trinajstić information content (AvgIpc) is 1.81. The zero-order valence-electron chi connectivity index (χ0n) is 7.66. The second kappa shape index (κ2) is 4.65. The Balaban J connectivity index is 4.00. The summed E-state index contributed by atoms with van der Waals surface area (Å²) in [6.45, 7) is 1.42. The smallest absolute Gasteiger partial charge is 0.307 e. The second-order valence-electron chi connectivity index (χ2n) is 2.53. The summed E-state index contributed by atoms with van der Waals surface area (Å²) in [6, 6.07) is 0. The minimum absolute atomic E-state index is 0.237. The largest absolute Gasteiger partial charge is 0.414 e. The van der Waals surface area contributed by atoms with Crippen LogP contribution in [0.3, 0.4) is 0 Å². The molecule has 0 amide bonds. The van der Waals surface area contributed by atoms with Crippen LogP contribution < -0.4 is 0 Å². The van der Waals surface area contributed by atoms with Crippen molar-refractivity contribution >= 4 is 14.4 Å². The summed E-state index contributed by atoms with van der Waals surface area (Å²) in [4.78, 5) is 10.6. The molecule has 0 aromatic heterocycles. The normalized spacial score (nSPS) is 11.3. The summed E-state index contributed by atoms with van der Waals surface area (Å²) < 4.78 is 8.82. The van der Waals surface area contributed by atoms with Gasteiger partial charge < -0.3 is 4.52 Å². The molecule has 11 heavy (non-hydrogen) atoms. The highest BCUT2D eigenvalue weighted by molar-refractivity contribution is 7.47. The lowest BCUT2D eigenvalue weighted by molar-refractivity contribution is -0.131. The molecule has 0 N–H and O–H groups in total. The predicted octanol–water partition coefficient (Wildman–Crippen LogP) is 0.900. The van der Waals surface area contributed by atoms with Crippen LogP contribution in [-0.4, -0.2) is 43.5 Å². The fraction of sp³-hybridized carbons (Fsp3) is 0.833. The molecule has 0 aromatic carbocycles. The van der Waals surface area contributed by atoms with E-state index in [0.717, 1.165) is 0 Å². The summed E-state index contributed by atoms with van der Waals surface area (Å²) >= 11 is 0. The molecule has 0 saturated heterocycles. The Bertz CT molecular complexity index is 131. The molecule has 0 radical (unpaired) electrons. The first kappa shape index (κ1) is 10.8. The van der Waals surface area contributed by atoms with E-state index in [0.29, 0.717) is 0 Å². The van der Waals surface area contributed by atoms with Crippen LogP contribution >= 0.6 is 8.45 Å². The molecule has 66 valence electrons. The standard InChI is InChI=1S/C6H15N2O2P/c1-6(9)10-11(7(2)3)8(4)5/h1-5H3. The van der Waals surface area contributed by atoms with Crippen molar-refractivity contribution in [3.63, 3.8) is 0 Å².